The highest BCUT2D eigenvalue weighted by Crippen LogP contribution is 2.25. The summed E-state index contributed by atoms with van der Waals surface area (Å²) in [7, 11) is 2.01. The Labute approximate surface area is 76.4 Å². The smallest absolute Gasteiger partial charge is 0.347 e. The van der Waals surface area contributed by atoms with E-state index in [2.05, 4.69) is 11.8 Å². The average molecular weight is 186 g/mol. The van der Waals surface area contributed by atoms with E-state index in [1.54, 1.807) is 14.2 Å². The van der Waals surface area contributed by atoms with Crippen LogP contribution >= 0.6 is 0 Å². The van der Waals surface area contributed by atoms with Gasteiger partial charge in [-0.15, -0.1) is 0 Å². The van der Waals surface area contributed by atoms with Crippen molar-refractivity contribution >= 4 is 9.28 Å². The standard InChI is InChI=1S/C9H18O2Si/c1-10-12(11-2)8-7-9-5-3-4-6-9/h7-9,12H,3-6H2,1-2H3. The van der Waals surface area contributed by atoms with Crippen molar-refractivity contribution in [1.82, 2.24) is 0 Å². The zero-order valence-electron chi connectivity index (χ0n) is 7.95. The van der Waals surface area contributed by atoms with Crippen LogP contribution in [0, 0.1) is 5.92 Å². The Morgan fingerprint density at radius 1 is 1.17 bits per heavy atom. The van der Waals surface area contributed by atoms with Crippen LogP contribution in [0.1, 0.15) is 25.7 Å². The molecule has 0 N–H and O–H groups in total. The van der Waals surface area contributed by atoms with Gasteiger partial charge < -0.3 is 8.85 Å². The lowest BCUT2D eigenvalue weighted by molar-refractivity contribution is 0.290. The third-order valence-corrected chi connectivity index (χ3v) is 3.87. The Morgan fingerprint density at radius 3 is 2.25 bits per heavy atom. The van der Waals surface area contributed by atoms with Gasteiger partial charge in [-0.3, -0.25) is 0 Å². The molecule has 0 aliphatic heterocycles. The predicted octanol–water partition coefficient (Wildman–Crippen LogP) is 1.79. The van der Waals surface area contributed by atoms with Gasteiger partial charge in [0.25, 0.3) is 0 Å². The van der Waals surface area contributed by atoms with Crippen LogP contribution in [0.3, 0.4) is 0 Å². The van der Waals surface area contributed by atoms with Crippen LogP contribution in [-0.2, 0) is 8.85 Å². The molecule has 0 aromatic carbocycles. The maximum Gasteiger partial charge on any atom is 0.347 e. The van der Waals surface area contributed by atoms with Gasteiger partial charge in [0.1, 0.15) is 0 Å². The minimum atomic E-state index is -1.43. The fourth-order valence-electron chi connectivity index (χ4n) is 1.65. The lowest BCUT2D eigenvalue weighted by Gasteiger charge is -2.06. The Bertz CT molecular complexity index is 133. The monoisotopic (exact) mass is 186 g/mol. The molecular formula is C9H18O2Si. The highest BCUT2D eigenvalue weighted by molar-refractivity contribution is 6.50. The van der Waals surface area contributed by atoms with Gasteiger partial charge in [0.15, 0.2) is 0 Å². The van der Waals surface area contributed by atoms with Crippen LogP contribution in [0.4, 0.5) is 0 Å². The molecule has 0 atom stereocenters. The normalized spacial score (nSPS) is 19.9. The van der Waals surface area contributed by atoms with Crippen molar-refractivity contribution in [1.29, 1.82) is 0 Å². The molecule has 0 unspecified atom stereocenters. The van der Waals surface area contributed by atoms with Crippen LogP contribution in [0.15, 0.2) is 11.8 Å². The summed E-state index contributed by atoms with van der Waals surface area (Å²) in [5.41, 5.74) is 2.15. The molecule has 0 aromatic heterocycles. The predicted molar refractivity (Wildman–Crippen MR) is 52.3 cm³/mol. The van der Waals surface area contributed by atoms with E-state index in [4.69, 9.17) is 8.85 Å². The van der Waals surface area contributed by atoms with Gasteiger partial charge in [-0.1, -0.05) is 18.9 Å². The Hall–Kier alpha value is -0.123. The number of hydrogen-bond donors (Lipinski definition) is 0. The first-order valence-corrected chi connectivity index (χ1v) is 6.21. The average Bonchev–Trinajstić information content (AvgIpc) is 2.59. The first kappa shape index (κ1) is 9.96. The number of rotatable bonds is 4. The Balaban J connectivity index is 2.26. The van der Waals surface area contributed by atoms with Crippen molar-refractivity contribution in [3.63, 3.8) is 0 Å². The van der Waals surface area contributed by atoms with Crippen LogP contribution in [0.5, 0.6) is 0 Å². The maximum absolute atomic E-state index is 5.19. The van der Waals surface area contributed by atoms with E-state index in [-0.39, 0.29) is 0 Å². The molecule has 1 aliphatic carbocycles. The van der Waals surface area contributed by atoms with Gasteiger partial charge >= 0.3 is 9.28 Å². The van der Waals surface area contributed by atoms with Crippen molar-refractivity contribution in [3.8, 4) is 0 Å². The van der Waals surface area contributed by atoms with Crippen LogP contribution in [0.25, 0.3) is 0 Å². The van der Waals surface area contributed by atoms with Crippen LogP contribution < -0.4 is 0 Å². The third kappa shape index (κ3) is 3.09. The largest absolute Gasteiger partial charge is 0.397 e. The topological polar surface area (TPSA) is 18.5 Å². The second kappa shape index (κ2) is 5.51. The van der Waals surface area contributed by atoms with Gasteiger partial charge in [0.05, 0.1) is 0 Å². The first-order chi connectivity index (χ1) is 5.86. The Kier molecular flexibility index (Phi) is 4.57. The fourth-order valence-corrected chi connectivity index (χ4v) is 2.65. The molecule has 1 aliphatic rings. The van der Waals surface area contributed by atoms with E-state index in [0.29, 0.717) is 0 Å². The molecule has 0 radical (unpaired) electrons. The van der Waals surface area contributed by atoms with E-state index in [9.17, 15) is 0 Å². The highest BCUT2D eigenvalue weighted by Gasteiger charge is 2.12. The molecule has 1 fully saturated rings. The van der Waals surface area contributed by atoms with Crippen molar-refractivity contribution in [3.05, 3.63) is 11.8 Å². The summed E-state index contributed by atoms with van der Waals surface area (Å²) >= 11 is 0. The van der Waals surface area contributed by atoms with E-state index >= 15 is 0 Å². The van der Waals surface area contributed by atoms with Gasteiger partial charge in [0.2, 0.25) is 0 Å². The van der Waals surface area contributed by atoms with Crippen molar-refractivity contribution in [2.45, 2.75) is 25.7 Å². The third-order valence-electron chi connectivity index (χ3n) is 2.40. The summed E-state index contributed by atoms with van der Waals surface area (Å²) in [4.78, 5) is 0. The quantitative estimate of drug-likeness (QED) is 0.623. The van der Waals surface area contributed by atoms with Gasteiger partial charge in [0, 0.05) is 14.2 Å². The summed E-state index contributed by atoms with van der Waals surface area (Å²) in [5, 5.41) is 0. The summed E-state index contributed by atoms with van der Waals surface area (Å²) in [5.74, 6) is 0.797. The summed E-state index contributed by atoms with van der Waals surface area (Å²) in [6, 6.07) is 0. The molecule has 0 bridgehead atoms. The van der Waals surface area contributed by atoms with E-state index < -0.39 is 9.28 Å². The SMILES string of the molecule is CO[SiH](C=CC1CCCC1)OC. The lowest BCUT2D eigenvalue weighted by atomic mass is 10.1. The molecule has 0 spiro atoms. The molecule has 0 aromatic rings. The minimum absolute atomic E-state index is 0.797. The molecule has 1 rings (SSSR count). The van der Waals surface area contributed by atoms with Gasteiger partial charge in [-0.25, -0.2) is 0 Å². The molecule has 12 heavy (non-hydrogen) atoms. The van der Waals surface area contributed by atoms with Crippen molar-refractivity contribution in [2.75, 3.05) is 14.2 Å². The molecule has 0 amide bonds. The van der Waals surface area contributed by atoms with Crippen molar-refractivity contribution < 1.29 is 8.85 Å². The molecule has 70 valence electrons. The number of hydrogen-bond acceptors (Lipinski definition) is 2. The molecule has 2 nitrogen and oxygen atoms in total. The van der Waals surface area contributed by atoms with Crippen LogP contribution in [0.2, 0.25) is 0 Å². The van der Waals surface area contributed by atoms with E-state index in [0.717, 1.165) is 5.92 Å². The Morgan fingerprint density at radius 2 is 1.75 bits per heavy atom. The molecule has 3 heteroatoms. The zero-order chi connectivity index (χ0) is 8.81. The lowest BCUT2D eigenvalue weighted by Crippen LogP contribution is -2.16. The van der Waals surface area contributed by atoms with Gasteiger partial charge in [-0.2, -0.15) is 0 Å². The fraction of sp³-hybridized carbons (Fsp3) is 0.778. The second-order valence-electron chi connectivity index (χ2n) is 3.27. The van der Waals surface area contributed by atoms with E-state index in [1.165, 1.54) is 25.7 Å². The second-order valence-corrected chi connectivity index (χ2v) is 5.33. The molecule has 1 saturated carbocycles. The summed E-state index contributed by atoms with van der Waals surface area (Å²) in [6.07, 6.45) is 7.77. The molecular weight excluding hydrogens is 168 g/mol. The van der Waals surface area contributed by atoms with Gasteiger partial charge in [-0.05, 0) is 24.5 Å². The van der Waals surface area contributed by atoms with Crippen LogP contribution in [-0.4, -0.2) is 23.5 Å². The highest BCUT2D eigenvalue weighted by atomic mass is 28.3. The van der Waals surface area contributed by atoms with E-state index in [1.807, 2.05) is 0 Å². The maximum atomic E-state index is 5.19. The zero-order valence-corrected chi connectivity index (χ0v) is 9.11. The molecule has 0 saturated heterocycles. The van der Waals surface area contributed by atoms with Crippen molar-refractivity contribution in [2.24, 2.45) is 5.92 Å². The molecule has 0 heterocycles. The first-order valence-electron chi connectivity index (χ1n) is 4.60. The number of allylic oxidation sites excluding steroid dienone is 1. The summed E-state index contributed by atoms with van der Waals surface area (Å²) in [6.45, 7) is 0. The summed E-state index contributed by atoms with van der Waals surface area (Å²) < 4.78 is 10.4. The minimum Gasteiger partial charge on any atom is -0.397 e.